The molecule has 0 saturated heterocycles. The molecule has 1 atom stereocenters. The topological polar surface area (TPSA) is 49.3 Å². The number of hydrogen-bond acceptors (Lipinski definition) is 2. The fourth-order valence-electron chi connectivity index (χ4n) is 0.976. The minimum Gasteiger partial charge on any atom is -0.480 e. The highest BCUT2D eigenvalue weighted by atomic mass is 127. The number of carboxylic acids is 1. The van der Waals surface area contributed by atoms with E-state index in [9.17, 15) is 4.79 Å². The lowest BCUT2D eigenvalue weighted by Gasteiger charge is -2.11. The SMILES string of the molecule is CNC(CC1=CC=CC=I1)C(=O)O. The molecule has 0 aliphatic carbocycles. The molecule has 1 heterocycles. The van der Waals surface area contributed by atoms with Gasteiger partial charge in [-0.3, -0.25) is 4.79 Å². The number of hydrogen-bond donors (Lipinski definition) is 2. The van der Waals surface area contributed by atoms with Crippen LogP contribution in [-0.4, -0.2) is 28.2 Å². The molecular weight excluding hydrogens is 281 g/mol. The molecule has 1 unspecified atom stereocenters. The summed E-state index contributed by atoms with van der Waals surface area (Å²) < 4.78 is 3.41. The summed E-state index contributed by atoms with van der Waals surface area (Å²) in [5, 5.41) is 11.6. The Labute approximate surface area is 87.3 Å². The van der Waals surface area contributed by atoms with Gasteiger partial charge < -0.3 is 10.4 Å². The molecule has 0 aromatic rings. The van der Waals surface area contributed by atoms with Crippen LogP contribution in [0.3, 0.4) is 0 Å². The van der Waals surface area contributed by atoms with Gasteiger partial charge in [-0.05, 0) is 14.6 Å². The standard InChI is InChI=1S/C9H12INO2/c1-11-8(9(12)13)6-7-4-2-3-5-10-7/h2-5,8,11H,6H2,1H3,(H,12,13). The first kappa shape index (κ1) is 10.6. The Balaban J connectivity index is 2.56. The quantitative estimate of drug-likeness (QED) is 0.768. The second-order valence-electron chi connectivity index (χ2n) is 2.62. The van der Waals surface area contributed by atoms with Crippen molar-refractivity contribution in [3.05, 3.63) is 21.8 Å². The van der Waals surface area contributed by atoms with E-state index >= 15 is 0 Å². The van der Waals surface area contributed by atoms with Crippen molar-refractivity contribution in [2.75, 3.05) is 7.05 Å². The molecule has 2 N–H and O–H groups in total. The first-order valence-corrected chi connectivity index (χ1v) is 6.29. The summed E-state index contributed by atoms with van der Waals surface area (Å²) in [5.74, 6) is -0.776. The summed E-state index contributed by atoms with van der Waals surface area (Å²) in [6.07, 6.45) is 6.64. The summed E-state index contributed by atoms with van der Waals surface area (Å²) in [4.78, 5) is 10.7. The molecule has 0 spiro atoms. The second-order valence-corrected chi connectivity index (χ2v) is 5.34. The third-order valence-corrected chi connectivity index (χ3v) is 4.08. The molecule has 3 nitrogen and oxygen atoms in total. The first-order chi connectivity index (χ1) is 6.24. The largest absolute Gasteiger partial charge is 0.480 e. The Morgan fingerprint density at radius 2 is 2.46 bits per heavy atom. The van der Waals surface area contributed by atoms with Gasteiger partial charge in [0.25, 0.3) is 0 Å². The highest BCUT2D eigenvalue weighted by Gasteiger charge is 2.15. The number of rotatable bonds is 4. The fourth-order valence-corrected chi connectivity index (χ4v) is 3.00. The molecule has 1 aliphatic rings. The van der Waals surface area contributed by atoms with Gasteiger partial charge >= 0.3 is 5.97 Å². The Morgan fingerprint density at radius 1 is 1.69 bits per heavy atom. The number of halogens is 1. The van der Waals surface area contributed by atoms with Crippen molar-refractivity contribution in [3.63, 3.8) is 0 Å². The van der Waals surface area contributed by atoms with Gasteiger partial charge in [0, 0.05) is 6.42 Å². The molecule has 0 aromatic carbocycles. The van der Waals surface area contributed by atoms with E-state index < -0.39 is 12.0 Å². The third-order valence-electron chi connectivity index (χ3n) is 1.71. The number of carbonyl (C=O) groups is 1. The van der Waals surface area contributed by atoms with Crippen molar-refractivity contribution in [1.82, 2.24) is 5.32 Å². The van der Waals surface area contributed by atoms with E-state index in [4.69, 9.17) is 5.11 Å². The highest BCUT2D eigenvalue weighted by molar-refractivity contribution is 14.2. The van der Waals surface area contributed by atoms with Crippen molar-refractivity contribution >= 4 is 30.7 Å². The number of likely N-dealkylation sites (N-methyl/N-ethyl adjacent to an activating group) is 1. The Kier molecular flexibility index (Phi) is 4.31. The molecule has 0 fully saturated rings. The van der Waals surface area contributed by atoms with E-state index in [1.165, 1.54) is 3.58 Å². The van der Waals surface area contributed by atoms with Gasteiger partial charge in [0.05, 0.1) is 0 Å². The normalized spacial score (nSPS) is 17.5. The van der Waals surface area contributed by atoms with Gasteiger partial charge in [-0.15, -0.1) is 0 Å². The lowest BCUT2D eigenvalue weighted by atomic mass is 10.2. The monoisotopic (exact) mass is 293 g/mol. The maximum Gasteiger partial charge on any atom is 0.321 e. The van der Waals surface area contributed by atoms with E-state index in [2.05, 4.69) is 9.33 Å². The summed E-state index contributed by atoms with van der Waals surface area (Å²) in [5.41, 5.74) is 0. The van der Waals surface area contributed by atoms with Crippen molar-refractivity contribution in [1.29, 1.82) is 0 Å². The highest BCUT2D eigenvalue weighted by Crippen LogP contribution is 2.22. The lowest BCUT2D eigenvalue weighted by molar-refractivity contribution is -0.139. The van der Waals surface area contributed by atoms with Gasteiger partial charge in [-0.25, -0.2) is 0 Å². The maximum atomic E-state index is 10.7. The molecular formula is C9H12INO2. The molecule has 1 rings (SSSR count). The Morgan fingerprint density at radius 3 is 2.92 bits per heavy atom. The molecule has 0 saturated carbocycles. The van der Waals surface area contributed by atoms with E-state index in [-0.39, 0.29) is 20.7 Å². The van der Waals surface area contributed by atoms with Crippen LogP contribution in [0.5, 0.6) is 0 Å². The average molecular weight is 293 g/mol. The number of carboxylic acid groups (broad SMARTS) is 1. The van der Waals surface area contributed by atoms with Crippen LogP contribution in [0.2, 0.25) is 0 Å². The molecule has 13 heavy (non-hydrogen) atoms. The van der Waals surface area contributed by atoms with Crippen molar-refractivity contribution < 1.29 is 9.90 Å². The number of nitrogens with one attached hydrogen (secondary N) is 1. The second kappa shape index (κ2) is 5.29. The van der Waals surface area contributed by atoms with Crippen molar-refractivity contribution in [2.45, 2.75) is 12.5 Å². The van der Waals surface area contributed by atoms with Crippen LogP contribution < -0.4 is 5.32 Å². The molecule has 0 aromatic heterocycles. The van der Waals surface area contributed by atoms with Crippen LogP contribution in [0.1, 0.15) is 6.42 Å². The van der Waals surface area contributed by atoms with Gasteiger partial charge in [0.2, 0.25) is 0 Å². The summed E-state index contributed by atoms with van der Waals surface area (Å²) in [7, 11) is 1.68. The third kappa shape index (κ3) is 3.40. The van der Waals surface area contributed by atoms with E-state index in [1.807, 2.05) is 18.2 Å². The predicted molar refractivity (Wildman–Crippen MR) is 62.4 cm³/mol. The zero-order chi connectivity index (χ0) is 9.68. The molecule has 0 radical (unpaired) electrons. The minimum atomic E-state index is -0.776. The average Bonchev–Trinajstić information content (AvgIpc) is 2.15. The van der Waals surface area contributed by atoms with Crippen LogP contribution in [0.15, 0.2) is 21.8 Å². The van der Waals surface area contributed by atoms with E-state index in [1.54, 1.807) is 7.05 Å². The van der Waals surface area contributed by atoms with Gasteiger partial charge in [-0.2, -0.15) is 0 Å². The molecule has 4 heteroatoms. The smallest absolute Gasteiger partial charge is 0.321 e. The van der Waals surface area contributed by atoms with Crippen LogP contribution in [-0.2, 0) is 4.79 Å². The predicted octanol–water partition coefficient (Wildman–Crippen LogP) is 1.28. The Hall–Kier alpha value is -0.490. The van der Waals surface area contributed by atoms with Gasteiger partial charge in [0.1, 0.15) is 6.04 Å². The van der Waals surface area contributed by atoms with Crippen LogP contribution in [0.25, 0.3) is 0 Å². The van der Waals surface area contributed by atoms with Gasteiger partial charge in [-0.1, -0.05) is 39.0 Å². The number of allylic oxidation sites excluding steroid dienone is 3. The zero-order valence-electron chi connectivity index (χ0n) is 7.33. The van der Waals surface area contributed by atoms with Crippen LogP contribution >= 0.6 is 20.7 Å². The van der Waals surface area contributed by atoms with Crippen LogP contribution in [0.4, 0.5) is 0 Å². The zero-order valence-corrected chi connectivity index (χ0v) is 9.48. The summed E-state index contributed by atoms with van der Waals surface area (Å²) >= 11 is -0.0705. The van der Waals surface area contributed by atoms with E-state index in [0.29, 0.717) is 6.42 Å². The minimum absolute atomic E-state index is 0.0705. The molecule has 72 valence electrons. The summed E-state index contributed by atoms with van der Waals surface area (Å²) in [6.45, 7) is 0. The fraction of sp³-hybridized carbons (Fsp3) is 0.333. The molecule has 1 aliphatic heterocycles. The first-order valence-electron chi connectivity index (χ1n) is 3.96. The summed E-state index contributed by atoms with van der Waals surface area (Å²) in [6, 6.07) is -0.439. The van der Waals surface area contributed by atoms with Gasteiger partial charge in [0.15, 0.2) is 0 Å². The number of aliphatic carboxylic acids is 1. The Bertz CT molecular complexity index is 281. The lowest BCUT2D eigenvalue weighted by Crippen LogP contribution is -2.33. The van der Waals surface area contributed by atoms with Crippen molar-refractivity contribution in [3.8, 4) is 0 Å². The van der Waals surface area contributed by atoms with Crippen molar-refractivity contribution in [2.24, 2.45) is 0 Å². The maximum absolute atomic E-state index is 10.7. The van der Waals surface area contributed by atoms with Crippen LogP contribution in [0, 0.1) is 0 Å². The van der Waals surface area contributed by atoms with E-state index in [0.717, 1.165) is 0 Å². The molecule has 0 amide bonds. The molecule has 0 bridgehead atoms.